The first kappa shape index (κ1) is 6.70. The Morgan fingerprint density at radius 3 is 3.27 bits per heavy atom. The predicted molar refractivity (Wildman–Crippen MR) is 42.3 cm³/mol. The molecule has 2 rings (SSSR count). The van der Waals surface area contributed by atoms with Crippen LogP contribution in [-0.4, -0.2) is 5.16 Å². The van der Waals surface area contributed by atoms with Gasteiger partial charge in [0.1, 0.15) is 0 Å². The van der Waals surface area contributed by atoms with E-state index in [0.717, 1.165) is 18.5 Å². The van der Waals surface area contributed by atoms with Gasteiger partial charge in [-0.3, -0.25) is 0 Å². The smallest absolute Gasteiger partial charge is 0.225 e. The summed E-state index contributed by atoms with van der Waals surface area (Å²) in [4.78, 5) is 0. The molecule has 0 bridgehead atoms. The summed E-state index contributed by atoms with van der Waals surface area (Å²) in [6.45, 7) is 2.17. The lowest BCUT2D eigenvalue weighted by atomic mass is 10.0. The van der Waals surface area contributed by atoms with Gasteiger partial charge in [0.15, 0.2) is 0 Å². The van der Waals surface area contributed by atoms with Crippen LogP contribution >= 0.6 is 0 Å². The number of nitrogens with two attached hydrogens (primary N) is 1. The van der Waals surface area contributed by atoms with Gasteiger partial charge in [0.2, 0.25) is 5.88 Å². The minimum atomic E-state index is 0.532. The van der Waals surface area contributed by atoms with Gasteiger partial charge in [-0.15, -0.1) is 0 Å². The van der Waals surface area contributed by atoms with Crippen LogP contribution in [0.25, 0.3) is 0 Å². The number of anilines is 1. The highest BCUT2D eigenvalue weighted by atomic mass is 16.5. The van der Waals surface area contributed by atoms with E-state index in [-0.39, 0.29) is 0 Å². The zero-order valence-electron chi connectivity index (χ0n) is 6.63. The molecule has 0 amide bonds. The van der Waals surface area contributed by atoms with Crippen LogP contribution in [0.5, 0.6) is 0 Å². The second-order valence-electron chi connectivity index (χ2n) is 3.05. The molecule has 0 aliphatic heterocycles. The molecule has 1 unspecified atom stereocenters. The van der Waals surface area contributed by atoms with Crippen LogP contribution in [0.4, 0.5) is 5.88 Å². The molecule has 3 nitrogen and oxygen atoms in total. The van der Waals surface area contributed by atoms with Crippen LogP contribution in [0.3, 0.4) is 0 Å². The number of aromatic nitrogens is 1. The maximum Gasteiger partial charge on any atom is 0.225 e. The van der Waals surface area contributed by atoms with E-state index in [4.69, 9.17) is 10.3 Å². The molecule has 0 radical (unpaired) electrons. The van der Waals surface area contributed by atoms with Crippen molar-refractivity contribution in [1.29, 1.82) is 0 Å². The third kappa shape index (κ3) is 0.836. The van der Waals surface area contributed by atoms with Crippen LogP contribution in [0.1, 0.15) is 36.9 Å². The Labute approximate surface area is 65.6 Å². The third-order valence-electron chi connectivity index (χ3n) is 2.46. The standard InChI is InChI=1S/C8H12N2O/c1-2-5-3-4-6-7(5)8(9)11-10-6/h5H,2-4,9H2,1H3. The number of hydrogen-bond donors (Lipinski definition) is 1. The number of nitrogens with zero attached hydrogens (tertiary/aromatic N) is 1. The van der Waals surface area contributed by atoms with E-state index >= 15 is 0 Å². The Hall–Kier alpha value is -0.990. The molecule has 3 heteroatoms. The molecule has 11 heavy (non-hydrogen) atoms. The van der Waals surface area contributed by atoms with Crippen LogP contribution < -0.4 is 5.73 Å². The number of aryl methyl sites for hydroxylation is 1. The summed E-state index contributed by atoms with van der Waals surface area (Å²) in [6, 6.07) is 0. The summed E-state index contributed by atoms with van der Waals surface area (Å²) in [5.41, 5.74) is 7.88. The molecule has 0 saturated carbocycles. The fourth-order valence-electron chi connectivity index (χ4n) is 1.83. The molecule has 0 spiro atoms. The van der Waals surface area contributed by atoms with Gasteiger partial charge >= 0.3 is 0 Å². The Morgan fingerprint density at radius 1 is 1.73 bits per heavy atom. The van der Waals surface area contributed by atoms with Crippen LogP contribution in [-0.2, 0) is 6.42 Å². The van der Waals surface area contributed by atoms with Gasteiger partial charge in [-0.2, -0.15) is 0 Å². The van der Waals surface area contributed by atoms with Gasteiger partial charge in [-0.05, 0) is 25.2 Å². The summed E-state index contributed by atoms with van der Waals surface area (Å²) in [5.74, 6) is 1.13. The molecule has 0 aromatic carbocycles. The maximum atomic E-state index is 5.63. The van der Waals surface area contributed by atoms with Crippen molar-refractivity contribution < 1.29 is 4.52 Å². The van der Waals surface area contributed by atoms with E-state index < -0.39 is 0 Å². The van der Waals surface area contributed by atoms with E-state index in [1.165, 1.54) is 12.0 Å². The molecule has 0 saturated heterocycles. The molecule has 60 valence electrons. The molecule has 1 aromatic rings. The van der Waals surface area contributed by atoms with Crippen molar-refractivity contribution in [3.8, 4) is 0 Å². The van der Waals surface area contributed by atoms with Crippen molar-refractivity contribution in [2.24, 2.45) is 0 Å². The molecule has 1 aliphatic carbocycles. The highest BCUT2D eigenvalue weighted by molar-refractivity contribution is 5.44. The largest absolute Gasteiger partial charge is 0.367 e. The number of fused-ring (bicyclic) bond motifs is 1. The van der Waals surface area contributed by atoms with Crippen LogP contribution in [0.15, 0.2) is 4.52 Å². The van der Waals surface area contributed by atoms with Gasteiger partial charge in [-0.25, -0.2) is 0 Å². The first-order valence-corrected chi connectivity index (χ1v) is 4.06. The average Bonchev–Trinajstić information content (AvgIpc) is 2.54. The van der Waals surface area contributed by atoms with Gasteiger partial charge < -0.3 is 10.3 Å². The lowest BCUT2D eigenvalue weighted by molar-refractivity contribution is 0.421. The Balaban J connectivity index is 2.42. The summed E-state index contributed by atoms with van der Waals surface area (Å²) < 4.78 is 4.90. The first-order valence-electron chi connectivity index (χ1n) is 4.06. The molecular weight excluding hydrogens is 140 g/mol. The fraction of sp³-hybridized carbons (Fsp3) is 0.625. The van der Waals surface area contributed by atoms with E-state index in [0.29, 0.717) is 11.8 Å². The van der Waals surface area contributed by atoms with Crippen molar-refractivity contribution in [1.82, 2.24) is 5.16 Å². The normalized spacial score (nSPS) is 22.1. The van der Waals surface area contributed by atoms with Crippen LogP contribution in [0, 0.1) is 0 Å². The average molecular weight is 152 g/mol. The molecule has 2 N–H and O–H groups in total. The lowest BCUT2D eigenvalue weighted by Crippen LogP contribution is -1.94. The highest BCUT2D eigenvalue weighted by Gasteiger charge is 2.27. The van der Waals surface area contributed by atoms with Crippen molar-refractivity contribution >= 4 is 5.88 Å². The number of rotatable bonds is 1. The lowest BCUT2D eigenvalue weighted by Gasteiger charge is -2.03. The molecule has 1 aromatic heterocycles. The Morgan fingerprint density at radius 2 is 2.55 bits per heavy atom. The van der Waals surface area contributed by atoms with E-state index in [1.54, 1.807) is 0 Å². The zero-order chi connectivity index (χ0) is 7.84. The van der Waals surface area contributed by atoms with Crippen molar-refractivity contribution in [3.63, 3.8) is 0 Å². The van der Waals surface area contributed by atoms with Crippen LogP contribution in [0.2, 0.25) is 0 Å². The topological polar surface area (TPSA) is 52.0 Å². The third-order valence-corrected chi connectivity index (χ3v) is 2.46. The summed E-state index contributed by atoms with van der Waals surface area (Å²) in [6.07, 6.45) is 3.36. The van der Waals surface area contributed by atoms with Gasteiger partial charge in [-0.1, -0.05) is 12.1 Å². The number of hydrogen-bond acceptors (Lipinski definition) is 3. The summed E-state index contributed by atoms with van der Waals surface area (Å²) >= 11 is 0. The van der Waals surface area contributed by atoms with Crippen molar-refractivity contribution in [3.05, 3.63) is 11.3 Å². The highest BCUT2D eigenvalue weighted by Crippen LogP contribution is 2.38. The second kappa shape index (κ2) is 2.26. The van der Waals surface area contributed by atoms with Gasteiger partial charge in [0.25, 0.3) is 0 Å². The maximum absolute atomic E-state index is 5.63. The monoisotopic (exact) mass is 152 g/mol. The van der Waals surface area contributed by atoms with E-state index in [1.807, 2.05) is 0 Å². The Bertz CT molecular complexity index is 267. The molecular formula is C8H12N2O. The van der Waals surface area contributed by atoms with Gasteiger partial charge in [0, 0.05) is 5.56 Å². The second-order valence-corrected chi connectivity index (χ2v) is 3.05. The van der Waals surface area contributed by atoms with E-state index in [2.05, 4.69) is 12.1 Å². The first-order chi connectivity index (χ1) is 5.33. The molecule has 0 fully saturated rings. The summed E-state index contributed by atoms with van der Waals surface area (Å²) in [7, 11) is 0. The minimum Gasteiger partial charge on any atom is -0.367 e. The fourth-order valence-corrected chi connectivity index (χ4v) is 1.83. The minimum absolute atomic E-state index is 0.532. The van der Waals surface area contributed by atoms with Crippen molar-refractivity contribution in [2.45, 2.75) is 32.1 Å². The zero-order valence-corrected chi connectivity index (χ0v) is 6.63. The molecule has 1 atom stereocenters. The van der Waals surface area contributed by atoms with Crippen molar-refractivity contribution in [2.75, 3.05) is 5.73 Å². The SMILES string of the molecule is CCC1CCc2noc(N)c21. The summed E-state index contributed by atoms with van der Waals surface area (Å²) in [5, 5.41) is 3.89. The molecule has 1 heterocycles. The Kier molecular flexibility index (Phi) is 1.37. The number of nitrogen functional groups attached to an aromatic ring is 1. The predicted octanol–water partition coefficient (Wildman–Crippen LogP) is 1.70. The molecule has 1 aliphatic rings. The van der Waals surface area contributed by atoms with Gasteiger partial charge in [0.05, 0.1) is 5.69 Å². The van der Waals surface area contributed by atoms with E-state index in [9.17, 15) is 0 Å². The quantitative estimate of drug-likeness (QED) is 0.666.